The van der Waals surface area contributed by atoms with Crippen molar-refractivity contribution in [2.24, 2.45) is 5.92 Å². The molecule has 17 heavy (non-hydrogen) atoms. The van der Waals surface area contributed by atoms with E-state index in [4.69, 9.17) is 9.26 Å². The van der Waals surface area contributed by atoms with Crippen LogP contribution in [0, 0.1) is 5.92 Å². The molecule has 1 aliphatic heterocycles. The smallest absolute Gasteiger partial charge is 0.231 e. The average molecular weight is 239 g/mol. The second kappa shape index (κ2) is 4.74. The van der Waals surface area contributed by atoms with Crippen LogP contribution < -0.4 is 5.32 Å². The lowest BCUT2D eigenvalue weighted by atomic mass is 9.98. The highest BCUT2D eigenvalue weighted by molar-refractivity contribution is 5.05. The molecule has 1 aromatic heterocycles. The molecule has 2 heterocycles. The molecule has 1 aromatic rings. The number of aromatic nitrogens is 2. The fraction of sp³-hybridized carbons (Fsp3) is 0.833. The van der Waals surface area contributed by atoms with Gasteiger partial charge in [-0.05, 0) is 25.8 Å². The van der Waals surface area contributed by atoms with Crippen LogP contribution in [0.5, 0.6) is 0 Å². The molecule has 5 heteroatoms. The molecule has 3 atom stereocenters. The summed E-state index contributed by atoms with van der Waals surface area (Å²) in [6, 6.07) is 0. The number of rotatable bonds is 4. The lowest BCUT2D eigenvalue weighted by molar-refractivity contribution is -0.0106. The van der Waals surface area contributed by atoms with Gasteiger partial charge in [-0.15, -0.1) is 0 Å². The average Bonchev–Trinajstić information content (AvgIpc) is 2.96. The van der Waals surface area contributed by atoms with Crippen molar-refractivity contribution in [1.82, 2.24) is 15.5 Å². The summed E-state index contributed by atoms with van der Waals surface area (Å²) in [5.74, 6) is 2.25. The zero-order valence-electron chi connectivity index (χ0n) is 11.0. The molecule has 0 aromatic carbocycles. The first-order valence-electron chi connectivity index (χ1n) is 6.20. The molecular formula is C12H21N3O2. The molecule has 1 fully saturated rings. The summed E-state index contributed by atoms with van der Waals surface area (Å²) in [6.45, 7) is 8.16. The van der Waals surface area contributed by atoms with Crippen molar-refractivity contribution in [3.8, 4) is 0 Å². The molecule has 1 aliphatic rings. The Morgan fingerprint density at radius 2 is 2.29 bits per heavy atom. The van der Waals surface area contributed by atoms with E-state index in [2.05, 4.69) is 29.3 Å². The van der Waals surface area contributed by atoms with Crippen LogP contribution in [0.3, 0.4) is 0 Å². The van der Waals surface area contributed by atoms with Crippen LogP contribution in [0.25, 0.3) is 0 Å². The molecule has 1 saturated heterocycles. The van der Waals surface area contributed by atoms with Crippen molar-refractivity contribution in [3.63, 3.8) is 0 Å². The highest BCUT2D eigenvalue weighted by atomic mass is 16.5. The Balaban J connectivity index is 2.21. The number of hydrogen-bond acceptors (Lipinski definition) is 5. The third-order valence-electron chi connectivity index (χ3n) is 3.87. The van der Waals surface area contributed by atoms with Gasteiger partial charge < -0.3 is 14.6 Å². The van der Waals surface area contributed by atoms with Gasteiger partial charge in [0.25, 0.3) is 0 Å². The van der Waals surface area contributed by atoms with Crippen LogP contribution >= 0.6 is 0 Å². The van der Waals surface area contributed by atoms with Crippen LogP contribution in [0.1, 0.15) is 44.8 Å². The Bertz CT molecular complexity index is 374. The van der Waals surface area contributed by atoms with Gasteiger partial charge in [-0.3, -0.25) is 0 Å². The molecule has 0 aliphatic carbocycles. The number of nitrogens with one attached hydrogen (secondary N) is 1. The van der Waals surface area contributed by atoms with Crippen molar-refractivity contribution >= 4 is 0 Å². The van der Waals surface area contributed by atoms with Gasteiger partial charge in [0, 0.05) is 13.7 Å². The fourth-order valence-electron chi connectivity index (χ4n) is 2.14. The molecule has 0 radical (unpaired) electrons. The number of hydrogen-bond donors (Lipinski definition) is 1. The summed E-state index contributed by atoms with van der Waals surface area (Å²) in [5, 5.41) is 7.41. The molecule has 0 spiro atoms. The Kier molecular flexibility index (Phi) is 3.49. The Morgan fingerprint density at radius 1 is 1.53 bits per heavy atom. The first kappa shape index (κ1) is 12.5. The van der Waals surface area contributed by atoms with Gasteiger partial charge in [-0.25, -0.2) is 0 Å². The van der Waals surface area contributed by atoms with E-state index in [9.17, 15) is 0 Å². The van der Waals surface area contributed by atoms with Gasteiger partial charge in [-0.2, -0.15) is 4.98 Å². The quantitative estimate of drug-likeness (QED) is 0.866. The highest BCUT2D eigenvalue weighted by Gasteiger charge is 2.34. The van der Waals surface area contributed by atoms with Crippen LogP contribution in [0.2, 0.25) is 0 Å². The van der Waals surface area contributed by atoms with E-state index < -0.39 is 5.60 Å². The Morgan fingerprint density at radius 3 is 2.82 bits per heavy atom. The van der Waals surface area contributed by atoms with Crippen molar-refractivity contribution in [3.05, 3.63) is 11.7 Å². The summed E-state index contributed by atoms with van der Waals surface area (Å²) < 4.78 is 10.9. The van der Waals surface area contributed by atoms with E-state index in [0.29, 0.717) is 17.7 Å². The minimum atomic E-state index is -0.447. The maximum atomic E-state index is 5.48. The van der Waals surface area contributed by atoms with Gasteiger partial charge in [0.1, 0.15) is 5.60 Å². The largest absolute Gasteiger partial charge is 0.370 e. The predicted octanol–water partition coefficient (Wildman–Crippen LogP) is 1.66. The standard InChI is InChI=1S/C12H21N3O2/c1-5-12(3,16-4)11-14-10(17-15-11)9-7-13-6-8(9)2/h8-9,13H,5-7H2,1-4H3. The van der Waals surface area contributed by atoms with E-state index in [1.54, 1.807) is 7.11 Å². The maximum Gasteiger partial charge on any atom is 0.231 e. The van der Waals surface area contributed by atoms with Gasteiger partial charge >= 0.3 is 0 Å². The highest BCUT2D eigenvalue weighted by Crippen LogP contribution is 2.30. The van der Waals surface area contributed by atoms with Crippen LogP contribution in [-0.4, -0.2) is 30.3 Å². The minimum Gasteiger partial charge on any atom is -0.370 e. The first-order chi connectivity index (χ1) is 8.10. The molecular weight excluding hydrogens is 218 g/mol. The van der Waals surface area contributed by atoms with Gasteiger partial charge in [0.05, 0.1) is 5.92 Å². The molecule has 0 amide bonds. The Hall–Kier alpha value is -0.940. The monoisotopic (exact) mass is 239 g/mol. The molecule has 5 nitrogen and oxygen atoms in total. The van der Waals surface area contributed by atoms with E-state index in [1.807, 2.05) is 6.92 Å². The normalized spacial score (nSPS) is 28.2. The fourth-order valence-corrected chi connectivity index (χ4v) is 2.14. The summed E-state index contributed by atoms with van der Waals surface area (Å²) in [7, 11) is 1.68. The number of ether oxygens (including phenoxy) is 1. The van der Waals surface area contributed by atoms with E-state index in [1.165, 1.54) is 0 Å². The van der Waals surface area contributed by atoms with E-state index in [0.717, 1.165) is 25.4 Å². The zero-order chi connectivity index (χ0) is 12.5. The van der Waals surface area contributed by atoms with Crippen LogP contribution in [-0.2, 0) is 10.3 Å². The van der Waals surface area contributed by atoms with Crippen molar-refractivity contribution < 1.29 is 9.26 Å². The minimum absolute atomic E-state index is 0.328. The molecule has 1 N–H and O–H groups in total. The zero-order valence-corrected chi connectivity index (χ0v) is 11.0. The van der Waals surface area contributed by atoms with E-state index >= 15 is 0 Å². The summed E-state index contributed by atoms with van der Waals surface area (Å²) >= 11 is 0. The van der Waals surface area contributed by atoms with Crippen molar-refractivity contribution in [2.45, 2.75) is 38.7 Å². The van der Waals surface area contributed by atoms with Gasteiger partial charge in [0.2, 0.25) is 11.7 Å². The number of methoxy groups -OCH3 is 1. The summed E-state index contributed by atoms with van der Waals surface area (Å²) in [5.41, 5.74) is -0.447. The lowest BCUT2D eigenvalue weighted by Gasteiger charge is -2.21. The lowest BCUT2D eigenvalue weighted by Crippen LogP contribution is -2.25. The Labute approximate surface area is 102 Å². The molecule has 2 rings (SSSR count). The summed E-state index contributed by atoms with van der Waals surface area (Å²) in [4.78, 5) is 4.51. The topological polar surface area (TPSA) is 60.2 Å². The van der Waals surface area contributed by atoms with E-state index in [-0.39, 0.29) is 0 Å². The van der Waals surface area contributed by atoms with Gasteiger partial charge in [0.15, 0.2) is 0 Å². The SMILES string of the molecule is CCC(C)(OC)c1noc(C2CNCC2C)n1. The second-order valence-corrected chi connectivity index (χ2v) is 4.99. The first-order valence-corrected chi connectivity index (χ1v) is 6.20. The molecule has 0 saturated carbocycles. The second-order valence-electron chi connectivity index (χ2n) is 4.99. The maximum absolute atomic E-state index is 5.48. The summed E-state index contributed by atoms with van der Waals surface area (Å²) in [6.07, 6.45) is 0.820. The van der Waals surface area contributed by atoms with Crippen molar-refractivity contribution in [1.29, 1.82) is 0 Å². The van der Waals surface area contributed by atoms with Crippen LogP contribution in [0.4, 0.5) is 0 Å². The van der Waals surface area contributed by atoms with Crippen molar-refractivity contribution in [2.75, 3.05) is 20.2 Å². The molecule has 96 valence electrons. The number of nitrogens with zero attached hydrogens (tertiary/aromatic N) is 2. The predicted molar refractivity (Wildman–Crippen MR) is 63.7 cm³/mol. The molecule has 0 bridgehead atoms. The molecule has 3 unspecified atom stereocenters. The third kappa shape index (κ3) is 2.21. The van der Waals surface area contributed by atoms with Gasteiger partial charge in [-0.1, -0.05) is 19.0 Å². The third-order valence-corrected chi connectivity index (χ3v) is 3.87. The van der Waals surface area contributed by atoms with Crippen LogP contribution in [0.15, 0.2) is 4.52 Å².